The Morgan fingerprint density at radius 1 is 1.32 bits per heavy atom. The van der Waals surface area contributed by atoms with Crippen molar-refractivity contribution < 1.29 is 18.9 Å². The number of rotatable bonds is 4. The first kappa shape index (κ1) is 22.8. The van der Waals surface area contributed by atoms with Crippen molar-refractivity contribution in [2.45, 2.75) is 44.6 Å². The molecule has 9 nitrogen and oxygen atoms in total. The molecule has 166 valence electrons. The number of hydrogen-bond donors (Lipinski definition) is 0. The molecule has 1 unspecified atom stereocenters. The number of para-hydroxylation sites is 1. The van der Waals surface area contributed by atoms with Crippen LogP contribution in [0.3, 0.4) is 0 Å². The van der Waals surface area contributed by atoms with Gasteiger partial charge in [-0.25, -0.2) is 9.59 Å². The number of benzene rings is 1. The van der Waals surface area contributed by atoms with Gasteiger partial charge in [-0.1, -0.05) is 18.2 Å². The van der Waals surface area contributed by atoms with E-state index in [0.717, 1.165) is 11.1 Å². The number of carbonyl (C=O) groups is 2. The van der Waals surface area contributed by atoms with Crippen molar-refractivity contribution in [3.8, 4) is 0 Å². The van der Waals surface area contributed by atoms with E-state index < -0.39 is 22.9 Å². The molecule has 0 N–H and O–H groups in total. The van der Waals surface area contributed by atoms with Gasteiger partial charge in [-0.2, -0.15) is 9.97 Å². The quantitative estimate of drug-likeness (QED) is 0.529. The van der Waals surface area contributed by atoms with Crippen molar-refractivity contribution >= 4 is 34.8 Å². The molecular formula is C21H27N5O4S. The molecular weight excluding hydrogens is 418 g/mol. The Labute approximate surface area is 185 Å². The topological polar surface area (TPSA) is 102 Å². The average Bonchev–Trinajstić information content (AvgIpc) is 2.70. The van der Waals surface area contributed by atoms with E-state index in [-0.39, 0.29) is 17.7 Å². The zero-order valence-corrected chi connectivity index (χ0v) is 19.4. The molecule has 3 amide bonds. The van der Waals surface area contributed by atoms with Crippen LogP contribution in [0.4, 0.5) is 21.1 Å². The summed E-state index contributed by atoms with van der Waals surface area (Å²) >= 11 is -1.34. The molecule has 10 heteroatoms. The largest absolute Gasteiger partial charge is 0.609 e. The highest BCUT2D eigenvalue weighted by Gasteiger charge is 2.31. The lowest BCUT2D eigenvalue weighted by atomic mass is 10.1. The van der Waals surface area contributed by atoms with Gasteiger partial charge in [0.15, 0.2) is 0 Å². The van der Waals surface area contributed by atoms with Crippen LogP contribution in [-0.4, -0.2) is 57.5 Å². The number of anilines is 2. The summed E-state index contributed by atoms with van der Waals surface area (Å²) in [6.45, 7) is 6.02. The number of nitrogens with zero attached hydrogens (tertiary/aromatic N) is 5. The molecule has 1 aliphatic rings. The monoisotopic (exact) mass is 445 g/mol. The van der Waals surface area contributed by atoms with Crippen molar-refractivity contribution in [3.63, 3.8) is 0 Å². The summed E-state index contributed by atoms with van der Waals surface area (Å²) in [6.07, 6.45) is 2.63. The zero-order chi connectivity index (χ0) is 22.9. The second-order valence-electron chi connectivity index (χ2n) is 8.32. The smallest absolute Gasteiger partial charge is 0.414 e. The predicted molar refractivity (Wildman–Crippen MR) is 118 cm³/mol. The molecule has 0 fully saturated rings. The summed E-state index contributed by atoms with van der Waals surface area (Å²) in [5, 5.41) is 0.191. The van der Waals surface area contributed by atoms with Crippen molar-refractivity contribution in [1.29, 1.82) is 0 Å². The standard InChI is InChI=1S/C21H27N5O4S/c1-21(2,3)30-20(28)24(4)16-10-8-7-9-14(16)12-26-13-15-11-22-18(31(6)29)23-17(15)25(5)19(26)27/h7-11H,12-13H2,1-6H3. The first-order valence-electron chi connectivity index (χ1n) is 9.74. The molecule has 1 aromatic carbocycles. The number of fused-ring (bicyclic) bond motifs is 1. The maximum Gasteiger partial charge on any atom is 0.414 e. The Balaban J connectivity index is 1.85. The summed E-state index contributed by atoms with van der Waals surface area (Å²) in [7, 11) is 3.27. The Hall–Kier alpha value is -2.85. The molecule has 1 atom stereocenters. The minimum absolute atomic E-state index is 0.191. The maximum atomic E-state index is 13.0. The number of urea groups is 1. The average molecular weight is 446 g/mol. The highest BCUT2D eigenvalue weighted by atomic mass is 32.2. The maximum absolute atomic E-state index is 13.0. The van der Waals surface area contributed by atoms with E-state index in [2.05, 4.69) is 9.97 Å². The molecule has 2 aromatic rings. The Kier molecular flexibility index (Phi) is 6.42. The van der Waals surface area contributed by atoms with Crippen LogP contribution < -0.4 is 9.80 Å². The van der Waals surface area contributed by atoms with E-state index in [1.165, 1.54) is 16.1 Å². The fourth-order valence-electron chi connectivity index (χ4n) is 3.23. The normalized spacial score (nSPS) is 14.9. The molecule has 0 radical (unpaired) electrons. The van der Waals surface area contributed by atoms with Gasteiger partial charge in [0.1, 0.15) is 17.7 Å². The van der Waals surface area contributed by atoms with Crippen LogP contribution in [0.25, 0.3) is 0 Å². The third-order valence-corrected chi connectivity index (χ3v) is 5.41. The molecule has 0 aliphatic carbocycles. The van der Waals surface area contributed by atoms with Gasteiger partial charge < -0.3 is 14.2 Å². The summed E-state index contributed by atoms with van der Waals surface area (Å²) in [5.41, 5.74) is 1.60. The molecule has 0 saturated carbocycles. The van der Waals surface area contributed by atoms with Gasteiger partial charge >= 0.3 is 17.3 Å². The lowest BCUT2D eigenvalue weighted by Crippen LogP contribution is -2.45. The van der Waals surface area contributed by atoms with Gasteiger partial charge in [0, 0.05) is 43.6 Å². The lowest BCUT2D eigenvalue weighted by Gasteiger charge is -2.34. The molecule has 0 saturated heterocycles. The fraction of sp³-hybridized carbons (Fsp3) is 0.429. The number of hydrogen-bond acceptors (Lipinski definition) is 6. The van der Waals surface area contributed by atoms with Crippen molar-refractivity contribution in [2.75, 3.05) is 30.2 Å². The fourth-order valence-corrected chi connectivity index (χ4v) is 3.64. The lowest BCUT2D eigenvalue weighted by molar-refractivity contribution is 0.0589. The summed E-state index contributed by atoms with van der Waals surface area (Å²) in [5.74, 6) is 0.459. The number of amides is 3. The van der Waals surface area contributed by atoms with E-state index in [1.807, 2.05) is 45.0 Å². The molecule has 2 heterocycles. The third-order valence-electron chi connectivity index (χ3n) is 4.69. The van der Waals surface area contributed by atoms with Gasteiger partial charge in [0.05, 0.1) is 12.2 Å². The molecule has 3 rings (SSSR count). The molecule has 31 heavy (non-hydrogen) atoms. The van der Waals surface area contributed by atoms with E-state index in [9.17, 15) is 14.1 Å². The van der Waals surface area contributed by atoms with Crippen LogP contribution in [0.5, 0.6) is 0 Å². The summed E-state index contributed by atoms with van der Waals surface area (Å²) in [4.78, 5) is 38.5. The van der Waals surface area contributed by atoms with Crippen LogP contribution in [0.2, 0.25) is 0 Å². The van der Waals surface area contributed by atoms with E-state index >= 15 is 0 Å². The number of carbonyl (C=O) groups excluding carboxylic acids is 2. The first-order valence-corrected chi connectivity index (χ1v) is 11.3. The number of ether oxygens (including phenoxy) is 1. The zero-order valence-electron chi connectivity index (χ0n) is 18.6. The van der Waals surface area contributed by atoms with Gasteiger partial charge in [-0.15, -0.1) is 0 Å². The highest BCUT2D eigenvalue weighted by molar-refractivity contribution is 7.90. The van der Waals surface area contributed by atoms with Gasteiger partial charge in [0.2, 0.25) is 0 Å². The van der Waals surface area contributed by atoms with Crippen LogP contribution in [0.1, 0.15) is 31.9 Å². The second kappa shape index (κ2) is 8.72. The van der Waals surface area contributed by atoms with Crippen LogP contribution in [-0.2, 0) is 29.0 Å². The van der Waals surface area contributed by atoms with Crippen LogP contribution in [0.15, 0.2) is 35.6 Å². The Morgan fingerprint density at radius 3 is 2.65 bits per heavy atom. The first-order chi connectivity index (χ1) is 14.5. The molecule has 0 bridgehead atoms. The SMILES string of the molecule is CN(C(=O)OC(C)(C)C)c1ccccc1CN1Cc2cnc([S+](C)[O-])nc2N(C)C1=O. The van der Waals surface area contributed by atoms with Crippen LogP contribution in [0, 0.1) is 0 Å². The predicted octanol–water partition coefficient (Wildman–Crippen LogP) is 3.16. The van der Waals surface area contributed by atoms with E-state index in [4.69, 9.17) is 4.74 Å². The van der Waals surface area contributed by atoms with E-state index in [0.29, 0.717) is 18.1 Å². The molecule has 1 aliphatic heterocycles. The van der Waals surface area contributed by atoms with Crippen LogP contribution >= 0.6 is 0 Å². The second-order valence-corrected chi connectivity index (χ2v) is 9.59. The van der Waals surface area contributed by atoms with Gasteiger partial charge in [0.25, 0.3) is 0 Å². The van der Waals surface area contributed by atoms with Gasteiger partial charge in [-0.3, -0.25) is 9.80 Å². The van der Waals surface area contributed by atoms with E-state index in [1.54, 1.807) is 25.2 Å². The van der Waals surface area contributed by atoms with Gasteiger partial charge in [-0.05, 0) is 32.4 Å². The molecule has 1 aromatic heterocycles. The summed E-state index contributed by atoms with van der Waals surface area (Å²) in [6, 6.07) is 7.14. The minimum atomic E-state index is -1.34. The van der Waals surface area contributed by atoms with Crippen molar-refractivity contribution in [3.05, 3.63) is 41.6 Å². The highest BCUT2D eigenvalue weighted by Crippen LogP contribution is 2.29. The Morgan fingerprint density at radius 2 is 2.00 bits per heavy atom. The van der Waals surface area contributed by atoms with Crippen molar-refractivity contribution in [1.82, 2.24) is 14.9 Å². The number of aromatic nitrogens is 2. The molecule has 0 spiro atoms. The third kappa shape index (κ3) is 5.08. The Bertz CT molecular complexity index is 992. The van der Waals surface area contributed by atoms with Crippen molar-refractivity contribution in [2.24, 2.45) is 0 Å². The summed E-state index contributed by atoms with van der Waals surface area (Å²) < 4.78 is 17.2. The minimum Gasteiger partial charge on any atom is -0.609 e.